The summed E-state index contributed by atoms with van der Waals surface area (Å²) >= 11 is 0. The Morgan fingerprint density at radius 3 is 2.56 bits per heavy atom. The van der Waals surface area contributed by atoms with E-state index in [1.807, 2.05) is 48.9 Å². The van der Waals surface area contributed by atoms with Crippen LogP contribution in [-0.4, -0.2) is 59.7 Å². The van der Waals surface area contributed by atoms with Crippen LogP contribution in [0.5, 0.6) is 0 Å². The van der Waals surface area contributed by atoms with E-state index >= 15 is 0 Å². The van der Waals surface area contributed by atoms with Gasteiger partial charge < -0.3 is 14.4 Å². The third kappa shape index (κ3) is 3.59. The minimum Gasteiger partial charge on any atom is -0.354 e. The van der Waals surface area contributed by atoms with E-state index in [1.165, 1.54) is 11.3 Å². The molecular formula is C18H25N7. The summed E-state index contributed by atoms with van der Waals surface area (Å²) in [4.78, 5) is 15.6. The molecule has 0 bridgehead atoms. The molecule has 0 aromatic carbocycles. The van der Waals surface area contributed by atoms with Crippen molar-refractivity contribution < 1.29 is 0 Å². The van der Waals surface area contributed by atoms with Crippen LogP contribution in [0.2, 0.25) is 0 Å². The van der Waals surface area contributed by atoms with E-state index in [0.29, 0.717) is 0 Å². The first-order valence-electron chi connectivity index (χ1n) is 8.52. The Morgan fingerprint density at radius 1 is 1.24 bits per heavy atom. The Labute approximate surface area is 149 Å². The average molecular weight is 339 g/mol. The van der Waals surface area contributed by atoms with Gasteiger partial charge in [0.05, 0.1) is 0 Å². The topological polar surface area (TPSA) is 64.2 Å². The second kappa shape index (κ2) is 7.11. The first-order valence-corrected chi connectivity index (χ1v) is 8.52. The van der Waals surface area contributed by atoms with Crippen molar-refractivity contribution in [2.24, 2.45) is 7.05 Å². The summed E-state index contributed by atoms with van der Waals surface area (Å²) in [6.45, 7) is 6.83. The first-order chi connectivity index (χ1) is 12.0. The number of aromatic nitrogens is 3. The van der Waals surface area contributed by atoms with Gasteiger partial charge in [0.2, 0.25) is 5.95 Å². The predicted molar refractivity (Wildman–Crippen MR) is 98.7 cm³/mol. The van der Waals surface area contributed by atoms with Gasteiger partial charge in [0.1, 0.15) is 17.6 Å². The van der Waals surface area contributed by atoms with E-state index in [9.17, 15) is 5.26 Å². The molecule has 3 rings (SSSR count). The molecule has 0 saturated carbocycles. The molecule has 0 spiro atoms. The number of hydrogen-bond acceptors (Lipinski definition) is 6. The second-order valence-electron chi connectivity index (χ2n) is 6.68. The molecule has 0 atom stereocenters. The molecule has 2 aromatic heterocycles. The minimum absolute atomic E-state index is 0.725. The van der Waals surface area contributed by atoms with Crippen molar-refractivity contribution in [3.05, 3.63) is 35.3 Å². The number of rotatable bonds is 4. The van der Waals surface area contributed by atoms with Crippen molar-refractivity contribution in [2.75, 3.05) is 50.1 Å². The molecule has 1 aliphatic heterocycles. The van der Waals surface area contributed by atoms with Gasteiger partial charge in [-0.25, -0.2) is 4.98 Å². The summed E-state index contributed by atoms with van der Waals surface area (Å²) in [6, 6.07) is 6.24. The van der Waals surface area contributed by atoms with Gasteiger partial charge in [0, 0.05) is 65.8 Å². The van der Waals surface area contributed by atoms with Crippen molar-refractivity contribution in [2.45, 2.75) is 13.5 Å². The lowest BCUT2D eigenvalue weighted by Gasteiger charge is -2.35. The fraction of sp³-hybridized carbons (Fsp3) is 0.500. The predicted octanol–water partition coefficient (Wildman–Crippen LogP) is 1.38. The van der Waals surface area contributed by atoms with E-state index in [2.05, 4.69) is 32.8 Å². The number of piperazine rings is 1. The summed E-state index contributed by atoms with van der Waals surface area (Å²) in [5, 5.41) is 9.18. The molecule has 7 nitrogen and oxygen atoms in total. The lowest BCUT2D eigenvalue weighted by molar-refractivity contribution is 0.249. The minimum atomic E-state index is 0.725. The zero-order valence-electron chi connectivity index (χ0n) is 15.4. The summed E-state index contributed by atoms with van der Waals surface area (Å²) in [7, 11) is 5.86. The van der Waals surface area contributed by atoms with Crippen LogP contribution in [0.25, 0.3) is 0 Å². The largest absolute Gasteiger partial charge is 0.354 e. The third-order valence-corrected chi connectivity index (χ3v) is 4.87. The maximum Gasteiger partial charge on any atom is 0.226 e. The third-order valence-electron chi connectivity index (χ3n) is 4.87. The lowest BCUT2D eigenvalue weighted by atomic mass is 10.2. The van der Waals surface area contributed by atoms with E-state index in [1.54, 1.807) is 0 Å². The Morgan fingerprint density at radius 2 is 1.96 bits per heavy atom. The van der Waals surface area contributed by atoms with Gasteiger partial charge in [-0.05, 0) is 24.6 Å². The fourth-order valence-electron chi connectivity index (χ4n) is 3.14. The van der Waals surface area contributed by atoms with Crippen molar-refractivity contribution in [1.29, 1.82) is 5.26 Å². The molecule has 3 heterocycles. The van der Waals surface area contributed by atoms with E-state index < -0.39 is 0 Å². The maximum absolute atomic E-state index is 9.18. The molecule has 1 fully saturated rings. The van der Waals surface area contributed by atoms with Crippen molar-refractivity contribution >= 4 is 11.8 Å². The molecule has 0 N–H and O–H groups in total. The first kappa shape index (κ1) is 17.2. The molecule has 0 aliphatic carbocycles. The molecule has 2 aromatic rings. The van der Waals surface area contributed by atoms with Crippen LogP contribution in [0, 0.1) is 18.3 Å². The van der Waals surface area contributed by atoms with Gasteiger partial charge in [0.25, 0.3) is 0 Å². The van der Waals surface area contributed by atoms with Crippen LogP contribution in [-0.2, 0) is 13.6 Å². The molecule has 1 saturated heterocycles. The number of nitriles is 1. The number of nitrogens with zero attached hydrogens (tertiary/aromatic N) is 7. The average Bonchev–Trinajstić information content (AvgIpc) is 2.90. The monoisotopic (exact) mass is 339 g/mol. The zero-order valence-corrected chi connectivity index (χ0v) is 15.4. The van der Waals surface area contributed by atoms with E-state index in [0.717, 1.165) is 50.2 Å². The normalized spacial score (nSPS) is 15.2. The Bertz CT molecular complexity index is 779. The Kier molecular flexibility index (Phi) is 4.91. The van der Waals surface area contributed by atoms with Crippen molar-refractivity contribution in [1.82, 2.24) is 19.4 Å². The molecule has 7 heteroatoms. The SMILES string of the molecule is Cc1c(CN2CCN(c3ccnc(N(C)C)n3)CC2)cc(C#N)n1C. The van der Waals surface area contributed by atoms with Crippen molar-refractivity contribution in [3.8, 4) is 6.07 Å². The molecule has 25 heavy (non-hydrogen) atoms. The molecular weight excluding hydrogens is 314 g/mol. The van der Waals surface area contributed by atoms with Crippen molar-refractivity contribution in [3.63, 3.8) is 0 Å². The van der Waals surface area contributed by atoms with Crippen LogP contribution in [0.3, 0.4) is 0 Å². The zero-order chi connectivity index (χ0) is 18.0. The standard InChI is InChI=1S/C18H25N7/c1-14-15(11-16(12-19)23(14)4)13-24-7-9-25(10-8-24)17-5-6-20-18(21-17)22(2)3/h5-6,11H,7-10,13H2,1-4H3. The van der Waals surface area contributed by atoms with E-state index in [-0.39, 0.29) is 0 Å². The summed E-state index contributed by atoms with van der Waals surface area (Å²) in [5.74, 6) is 1.73. The van der Waals surface area contributed by atoms with Gasteiger partial charge in [-0.1, -0.05) is 0 Å². The fourth-order valence-corrected chi connectivity index (χ4v) is 3.14. The van der Waals surface area contributed by atoms with Crippen LogP contribution in [0.1, 0.15) is 17.0 Å². The highest BCUT2D eigenvalue weighted by atomic mass is 15.3. The number of anilines is 2. The Hall–Kier alpha value is -2.59. The molecule has 0 amide bonds. The molecule has 132 valence electrons. The van der Waals surface area contributed by atoms with Gasteiger partial charge in [-0.3, -0.25) is 4.90 Å². The van der Waals surface area contributed by atoms with Crippen LogP contribution in [0.15, 0.2) is 18.3 Å². The molecule has 0 unspecified atom stereocenters. The van der Waals surface area contributed by atoms with Gasteiger partial charge in [0.15, 0.2) is 0 Å². The summed E-state index contributed by atoms with van der Waals surface area (Å²) in [5.41, 5.74) is 3.14. The van der Waals surface area contributed by atoms with Crippen LogP contribution in [0.4, 0.5) is 11.8 Å². The quantitative estimate of drug-likeness (QED) is 0.839. The second-order valence-corrected chi connectivity index (χ2v) is 6.68. The lowest BCUT2D eigenvalue weighted by Crippen LogP contribution is -2.46. The highest BCUT2D eigenvalue weighted by molar-refractivity contribution is 5.43. The Balaban J connectivity index is 1.63. The smallest absolute Gasteiger partial charge is 0.226 e. The molecule has 1 aliphatic rings. The molecule has 0 radical (unpaired) electrons. The van der Waals surface area contributed by atoms with Gasteiger partial charge >= 0.3 is 0 Å². The van der Waals surface area contributed by atoms with E-state index in [4.69, 9.17) is 0 Å². The highest BCUT2D eigenvalue weighted by Crippen LogP contribution is 2.19. The highest BCUT2D eigenvalue weighted by Gasteiger charge is 2.20. The van der Waals surface area contributed by atoms with Gasteiger partial charge in [-0.15, -0.1) is 0 Å². The van der Waals surface area contributed by atoms with Crippen LogP contribution >= 0.6 is 0 Å². The maximum atomic E-state index is 9.18. The van der Waals surface area contributed by atoms with Crippen LogP contribution < -0.4 is 9.80 Å². The summed E-state index contributed by atoms with van der Waals surface area (Å²) < 4.78 is 1.97. The number of hydrogen-bond donors (Lipinski definition) is 0. The van der Waals surface area contributed by atoms with Gasteiger partial charge in [-0.2, -0.15) is 10.2 Å². The summed E-state index contributed by atoms with van der Waals surface area (Å²) in [6.07, 6.45) is 1.82.